The van der Waals surface area contributed by atoms with Gasteiger partial charge in [0.05, 0.1) is 5.71 Å². The van der Waals surface area contributed by atoms with Gasteiger partial charge in [-0.05, 0) is 25.2 Å². The lowest BCUT2D eigenvalue weighted by molar-refractivity contribution is 0.735. The zero-order valence-electron chi connectivity index (χ0n) is 6.01. The predicted molar refractivity (Wildman–Crippen MR) is 43.1 cm³/mol. The van der Waals surface area contributed by atoms with Gasteiger partial charge in [0.1, 0.15) is 0 Å². The van der Waals surface area contributed by atoms with E-state index < -0.39 is 0 Å². The molecule has 3 heteroatoms. The minimum Gasteiger partial charge on any atom is -0.405 e. The molecular formula is C7H13N3. The molecule has 0 amide bonds. The Morgan fingerprint density at radius 2 is 2.50 bits per heavy atom. The van der Waals surface area contributed by atoms with Crippen molar-refractivity contribution in [1.82, 2.24) is 5.32 Å². The fourth-order valence-corrected chi connectivity index (χ4v) is 0.922. The highest BCUT2D eigenvalue weighted by Crippen LogP contribution is 1.89. The van der Waals surface area contributed by atoms with Crippen LogP contribution in [0, 0.1) is 0 Å². The van der Waals surface area contributed by atoms with Crippen LogP contribution in [0.25, 0.3) is 0 Å². The Hall–Kier alpha value is -0.830. The second kappa shape index (κ2) is 4.06. The average Bonchev–Trinajstić information content (AvgIpc) is 2.17. The van der Waals surface area contributed by atoms with Crippen molar-refractivity contribution in [3.8, 4) is 0 Å². The summed E-state index contributed by atoms with van der Waals surface area (Å²) < 4.78 is 0. The van der Waals surface area contributed by atoms with Crippen LogP contribution in [0.4, 0.5) is 0 Å². The predicted octanol–water partition coefficient (Wildman–Crippen LogP) is -0.107. The van der Waals surface area contributed by atoms with E-state index in [-0.39, 0.29) is 0 Å². The highest BCUT2D eigenvalue weighted by Gasteiger charge is 1.97. The highest BCUT2D eigenvalue weighted by atomic mass is 14.9. The summed E-state index contributed by atoms with van der Waals surface area (Å²) in [7, 11) is 0. The lowest BCUT2D eigenvalue weighted by Gasteiger charge is -1.96. The van der Waals surface area contributed by atoms with Crippen molar-refractivity contribution < 1.29 is 0 Å². The first kappa shape index (κ1) is 7.28. The Balaban J connectivity index is 2.46. The lowest BCUT2D eigenvalue weighted by Crippen LogP contribution is -2.20. The highest BCUT2D eigenvalue weighted by molar-refractivity contribution is 5.96. The van der Waals surface area contributed by atoms with E-state index in [4.69, 9.17) is 5.73 Å². The first-order valence-corrected chi connectivity index (χ1v) is 3.56. The van der Waals surface area contributed by atoms with Crippen LogP contribution in [0.15, 0.2) is 17.3 Å². The summed E-state index contributed by atoms with van der Waals surface area (Å²) in [5, 5.41) is 3.24. The van der Waals surface area contributed by atoms with Gasteiger partial charge in [0.15, 0.2) is 0 Å². The van der Waals surface area contributed by atoms with Gasteiger partial charge in [0, 0.05) is 13.1 Å². The van der Waals surface area contributed by atoms with Gasteiger partial charge in [-0.3, -0.25) is 4.99 Å². The second-order valence-corrected chi connectivity index (χ2v) is 2.26. The normalized spacial score (nSPS) is 20.6. The van der Waals surface area contributed by atoms with E-state index in [9.17, 15) is 0 Å². The van der Waals surface area contributed by atoms with Crippen molar-refractivity contribution in [3.05, 3.63) is 12.3 Å². The molecule has 10 heavy (non-hydrogen) atoms. The van der Waals surface area contributed by atoms with Crippen LogP contribution in [0.3, 0.4) is 0 Å². The largest absolute Gasteiger partial charge is 0.405 e. The molecule has 0 bridgehead atoms. The Morgan fingerprint density at radius 1 is 1.60 bits per heavy atom. The van der Waals surface area contributed by atoms with Gasteiger partial charge in [-0.15, -0.1) is 0 Å². The monoisotopic (exact) mass is 139 g/mol. The molecule has 1 aliphatic heterocycles. The van der Waals surface area contributed by atoms with Gasteiger partial charge in [-0.1, -0.05) is 0 Å². The van der Waals surface area contributed by atoms with Crippen molar-refractivity contribution >= 4 is 5.71 Å². The van der Waals surface area contributed by atoms with E-state index in [2.05, 4.69) is 10.3 Å². The zero-order valence-corrected chi connectivity index (χ0v) is 6.01. The van der Waals surface area contributed by atoms with E-state index in [1.165, 1.54) is 6.20 Å². The summed E-state index contributed by atoms with van der Waals surface area (Å²) >= 11 is 0. The molecule has 0 saturated heterocycles. The second-order valence-electron chi connectivity index (χ2n) is 2.26. The molecule has 1 heterocycles. The first-order valence-electron chi connectivity index (χ1n) is 3.56. The summed E-state index contributed by atoms with van der Waals surface area (Å²) in [6, 6.07) is 0. The Morgan fingerprint density at radius 3 is 3.30 bits per heavy atom. The van der Waals surface area contributed by atoms with Crippen LogP contribution in [0.5, 0.6) is 0 Å². The van der Waals surface area contributed by atoms with Gasteiger partial charge in [0.2, 0.25) is 0 Å². The Labute approximate surface area is 61.0 Å². The molecule has 0 unspecified atom stereocenters. The molecule has 0 aromatic heterocycles. The van der Waals surface area contributed by atoms with Crippen molar-refractivity contribution in [2.24, 2.45) is 10.7 Å². The number of nitrogens with one attached hydrogen (secondary N) is 1. The SMILES string of the molecule is N/C=C\C1=NCCCNC1. The molecule has 0 aromatic rings. The van der Waals surface area contributed by atoms with E-state index in [1.807, 2.05) is 6.08 Å². The maximum atomic E-state index is 5.22. The number of nitrogens with zero attached hydrogens (tertiary/aromatic N) is 1. The standard InChI is InChI=1S/C7H13N3/c8-3-2-7-6-9-4-1-5-10-7/h2-3,9H,1,4-6,8H2/b3-2-. The minimum atomic E-state index is 0.855. The molecule has 0 aliphatic carbocycles. The molecule has 0 atom stereocenters. The van der Waals surface area contributed by atoms with Gasteiger partial charge in [-0.25, -0.2) is 0 Å². The molecule has 1 aliphatic rings. The average molecular weight is 139 g/mol. The van der Waals surface area contributed by atoms with Gasteiger partial charge in [-0.2, -0.15) is 0 Å². The van der Waals surface area contributed by atoms with Crippen LogP contribution in [0.1, 0.15) is 6.42 Å². The molecule has 0 saturated carbocycles. The summed E-state index contributed by atoms with van der Waals surface area (Å²) in [5.74, 6) is 0. The van der Waals surface area contributed by atoms with Gasteiger partial charge in [0.25, 0.3) is 0 Å². The molecule has 0 spiro atoms. The van der Waals surface area contributed by atoms with Crippen LogP contribution >= 0.6 is 0 Å². The molecule has 56 valence electrons. The van der Waals surface area contributed by atoms with Crippen molar-refractivity contribution in [2.45, 2.75) is 6.42 Å². The Kier molecular flexibility index (Phi) is 2.96. The van der Waals surface area contributed by atoms with Crippen LogP contribution < -0.4 is 11.1 Å². The summed E-state index contributed by atoms with van der Waals surface area (Å²) in [6.07, 6.45) is 4.51. The Bertz CT molecular complexity index is 149. The van der Waals surface area contributed by atoms with Crippen LogP contribution in [0.2, 0.25) is 0 Å². The van der Waals surface area contributed by atoms with Crippen molar-refractivity contribution in [1.29, 1.82) is 0 Å². The number of nitrogens with two attached hydrogens (primary N) is 1. The summed E-state index contributed by atoms with van der Waals surface area (Å²) in [6.45, 7) is 2.84. The van der Waals surface area contributed by atoms with Crippen molar-refractivity contribution in [3.63, 3.8) is 0 Å². The summed E-state index contributed by atoms with van der Waals surface area (Å²) in [4.78, 5) is 4.30. The number of hydrogen-bond donors (Lipinski definition) is 2. The van der Waals surface area contributed by atoms with Gasteiger partial charge < -0.3 is 11.1 Å². The molecular weight excluding hydrogens is 126 g/mol. The molecule has 1 rings (SSSR count). The van der Waals surface area contributed by atoms with E-state index >= 15 is 0 Å². The minimum absolute atomic E-state index is 0.855. The molecule has 0 radical (unpaired) electrons. The zero-order chi connectivity index (χ0) is 7.23. The van der Waals surface area contributed by atoms with Crippen LogP contribution in [-0.2, 0) is 0 Å². The molecule has 0 fully saturated rings. The molecule has 3 N–H and O–H groups in total. The quantitative estimate of drug-likeness (QED) is 0.532. The fourth-order valence-electron chi connectivity index (χ4n) is 0.922. The maximum Gasteiger partial charge on any atom is 0.0500 e. The summed E-state index contributed by atoms with van der Waals surface area (Å²) in [5.41, 5.74) is 6.28. The maximum absolute atomic E-state index is 5.22. The third kappa shape index (κ3) is 2.19. The first-order chi connectivity index (χ1) is 4.93. The smallest absolute Gasteiger partial charge is 0.0500 e. The number of hydrogen-bond acceptors (Lipinski definition) is 3. The lowest BCUT2D eigenvalue weighted by atomic mass is 10.3. The molecule has 0 aromatic carbocycles. The van der Waals surface area contributed by atoms with Gasteiger partial charge >= 0.3 is 0 Å². The van der Waals surface area contributed by atoms with E-state index in [0.29, 0.717) is 0 Å². The number of rotatable bonds is 1. The van der Waals surface area contributed by atoms with E-state index in [0.717, 1.165) is 31.8 Å². The third-order valence-electron chi connectivity index (χ3n) is 1.42. The van der Waals surface area contributed by atoms with Crippen molar-refractivity contribution in [2.75, 3.05) is 19.6 Å². The fraction of sp³-hybridized carbons (Fsp3) is 0.571. The number of aliphatic imine (C=N–C) groups is 1. The third-order valence-corrected chi connectivity index (χ3v) is 1.42. The van der Waals surface area contributed by atoms with Crippen LogP contribution in [-0.4, -0.2) is 25.3 Å². The topological polar surface area (TPSA) is 50.4 Å². The molecule has 3 nitrogen and oxygen atoms in total. The van der Waals surface area contributed by atoms with E-state index in [1.54, 1.807) is 0 Å².